The van der Waals surface area contributed by atoms with Crippen molar-refractivity contribution >= 4 is 5.97 Å². The molecule has 0 aromatic heterocycles. The van der Waals surface area contributed by atoms with Crippen LogP contribution in [0, 0.1) is 0 Å². The molecule has 0 aliphatic heterocycles. The summed E-state index contributed by atoms with van der Waals surface area (Å²) in [5.41, 5.74) is 1.15. The van der Waals surface area contributed by atoms with Gasteiger partial charge in [0.15, 0.2) is 0 Å². The number of carboxylic acids is 1. The molecule has 92 valence electrons. The second kappa shape index (κ2) is 6.86. The molecule has 0 aliphatic carbocycles. The molecule has 1 atom stereocenters. The van der Waals surface area contributed by atoms with Gasteiger partial charge in [0, 0.05) is 12.6 Å². The third-order valence-electron chi connectivity index (χ3n) is 2.71. The lowest BCUT2D eigenvalue weighted by Gasteiger charge is -2.29. The fourth-order valence-corrected chi connectivity index (χ4v) is 2.02. The Balaban J connectivity index is 2.88. The summed E-state index contributed by atoms with van der Waals surface area (Å²) in [5.74, 6) is -0.804. The van der Waals surface area contributed by atoms with Gasteiger partial charge < -0.3 is 5.11 Å². The number of nitrogens with zero attached hydrogens (tertiary/aromatic N) is 1. The van der Waals surface area contributed by atoms with E-state index in [1.54, 1.807) is 6.08 Å². The van der Waals surface area contributed by atoms with E-state index in [2.05, 4.69) is 13.5 Å². The van der Waals surface area contributed by atoms with Crippen LogP contribution >= 0.6 is 0 Å². The summed E-state index contributed by atoms with van der Waals surface area (Å²) in [6.45, 7) is 6.37. The topological polar surface area (TPSA) is 40.5 Å². The molecule has 0 aliphatic rings. The number of carboxylic acid groups (broad SMARTS) is 1. The molecule has 1 aromatic carbocycles. The fraction of sp³-hybridized carbons (Fsp3) is 0.357. The van der Waals surface area contributed by atoms with Crippen molar-refractivity contribution in [1.29, 1.82) is 0 Å². The van der Waals surface area contributed by atoms with Gasteiger partial charge >= 0.3 is 5.97 Å². The monoisotopic (exact) mass is 233 g/mol. The summed E-state index contributed by atoms with van der Waals surface area (Å²) in [4.78, 5) is 12.8. The number of hydrogen-bond acceptors (Lipinski definition) is 2. The average molecular weight is 233 g/mol. The summed E-state index contributed by atoms with van der Waals surface area (Å²) in [6, 6.07) is 10.1. The number of rotatable bonds is 7. The Morgan fingerprint density at radius 3 is 2.59 bits per heavy atom. The van der Waals surface area contributed by atoms with Crippen LogP contribution in [0.4, 0.5) is 0 Å². The zero-order valence-corrected chi connectivity index (χ0v) is 10.2. The standard InChI is InChI=1S/C14H19NO2/c1-3-10-15(11-14(16)17)13(4-2)12-8-6-5-7-9-12/h3,5-9,13H,1,4,10-11H2,2H3,(H,16,17). The highest BCUT2D eigenvalue weighted by atomic mass is 16.4. The lowest BCUT2D eigenvalue weighted by atomic mass is 10.0. The zero-order valence-electron chi connectivity index (χ0n) is 10.2. The predicted molar refractivity (Wildman–Crippen MR) is 68.9 cm³/mol. The minimum atomic E-state index is -0.804. The smallest absolute Gasteiger partial charge is 0.317 e. The number of benzene rings is 1. The van der Waals surface area contributed by atoms with E-state index in [4.69, 9.17) is 5.11 Å². The number of aliphatic carboxylic acids is 1. The second-order valence-electron chi connectivity index (χ2n) is 3.95. The normalized spacial score (nSPS) is 12.4. The highest BCUT2D eigenvalue weighted by Gasteiger charge is 2.19. The summed E-state index contributed by atoms with van der Waals surface area (Å²) in [5, 5.41) is 8.93. The molecule has 1 unspecified atom stereocenters. The molecule has 3 heteroatoms. The SMILES string of the molecule is C=CCN(CC(=O)O)C(CC)c1ccccc1. The Bertz CT molecular complexity index is 362. The molecule has 0 heterocycles. The third-order valence-corrected chi connectivity index (χ3v) is 2.71. The average Bonchev–Trinajstić information content (AvgIpc) is 2.31. The molecule has 17 heavy (non-hydrogen) atoms. The minimum absolute atomic E-state index is 0.0411. The van der Waals surface area contributed by atoms with E-state index in [0.717, 1.165) is 12.0 Å². The maximum atomic E-state index is 10.9. The third kappa shape index (κ3) is 4.04. The van der Waals surface area contributed by atoms with Gasteiger partial charge in [-0.1, -0.05) is 43.3 Å². The van der Waals surface area contributed by atoms with Crippen molar-refractivity contribution in [3.8, 4) is 0 Å². The van der Waals surface area contributed by atoms with E-state index in [0.29, 0.717) is 6.54 Å². The molecule has 1 N–H and O–H groups in total. The molecule has 0 amide bonds. The van der Waals surface area contributed by atoms with Gasteiger partial charge in [0.05, 0.1) is 6.54 Å². The fourth-order valence-electron chi connectivity index (χ4n) is 2.02. The maximum absolute atomic E-state index is 10.9. The zero-order chi connectivity index (χ0) is 12.7. The van der Waals surface area contributed by atoms with Crippen molar-refractivity contribution in [1.82, 2.24) is 4.90 Å². The molecule has 0 fully saturated rings. The van der Waals surface area contributed by atoms with Crippen LogP contribution in [0.25, 0.3) is 0 Å². The van der Waals surface area contributed by atoms with Crippen LogP contribution in [0.2, 0.25) is 0 Å². The molecule has 3 nitrogen and oxygen atoms in total. The summed E-state index contributed by atoms with van der Waals surface area (Å²) < 4.78 is 0. The quantitative estimate of drug-likeness (QED) is 0.736. The first-order valence-electron chi connectivity index (χ1n) is 5.80. The molecule has 0 spiro atoms. The Kier molecular flexibility index (Phi) is 5.43. The van der Waals surface area contributed by atoms with Crippen molar-refractivity contribution in [2.75, 3.05) is 13.1 Å². The molecule has 0 saturated carbocycles. The Morgan fingerprint density at radius 2 is 2.12 bits per heavy atom. The highest BCUT2D eigenvalue weighted by Crippen LogP contribution is 2.23. The van der Waals surface area contributed by atoms with Gasteiger partial charge in [0.1, 0.15) is 0 Å². The van der Waals surface area contributed by atoms with Crippen LogP contribution in [-0.2, 0) is 4.79 Å². The Labute approximate surface area is 102 Å². The summed E-state index contributed by atoms with van der Waals surface area (Å²) >= 11 is 0. The summed E-state index contributed by atoms with van der Waals surface area (Å²) in [7, 11) is 0. The first-order chi connectivity index (χ1) is 8.19. The Morgan fingerprint density at radius 1 is 1.47 bits per heavy atom. The predicted octanol–water partition coefficient (Wildman–Crippen LogP) is 2.71. The molecule has 1 rings (SSSR count). The van der Waals surface area contributed by atoms with Crippen LogP contribution in [0.1, 0.15) is 24.9 Å². The van der Waals surface area contributed by atoms with Gasteiger partial charge in [-0.2, -0.15) is 0 Å². The van der Waals surface area contributed by atoms with Gasteiger partial charge in [-0.05, 0) is 12.0 Å². The van der Waals surface area contributed by atoms with Crippen LogP contribution in [0.3, 0.4) is 0 Å². The van der Waals surface area contributed by atoms with Crippen molar-refractivity contribution in [2.24, 2.45) is 0 Å². The maximum Gasteiger partial charge on any atom is 0.317 e. The van der Waals surface area contributed by atoms with Crippen LogP contribution in [0.15, 0.2) is 43.0 Å². The first-order valence-corrected chi connectivity index (χ1v) is 5.80. The first kappa shape index (κ1) is 13.5. The lowest BCUT2D eigenvalue weighted by Crippen LogP contribution is -2.33. The van der Waals surface area contributed by atoms with Crippen molar-refractivity contribution in [2.45, 2.75) is 19.4 Å². The van der Waals surface area contributed by atoms with Crippen LogP contribution < -0.4 is 0 Å². The van der Waals surface area contributed by atoms with E-state index < -0.39 is 5.97 Å². The molecule has 0 bridgehead atoms. The van der Waals surface area contributed by atoms with Crippen molar-refractivity contribution < 1.29 is 9.90 Å². The van der Waals surface area contributed by atoms with Crippen molar-refractivity contribution in [3.63, 3.8) is 0 Å². The highest BCUT2D eigenvalue weighted by molar-refractivity contribution is 5.69. The summed E-state index contributed by atoms with van der Waals surface area (Å²) in [6.07, 6.45) is 2.62. The molecule has 0 radical (unpaired) electrons. The van der Waals surface area contributed by atoms with Gasteiger partial charge in [-0.15, -0.1) is 6.58 Å². The van der Waals surface area contributed by atoms with E-state index in [9.17, 15) is 4.79 Å². The molecular formula is C14H19NO2. The van der Waals surface area contributed by atoms with E-state index in [1.165, 1.54) is 0 Å². The Hall–Kier alpha value is -1.61. The van der Waals surface area contributed by atoms with Crippen LogP contribution in [0.5, 0.6) is 0 Å². The van der Waals surface area contributed by atoms with E-state index >= 15 is 0 Å². The van der Waals surface area contributed by atoms with Gasteiger partial charge in [-0.3, -0.25) is 9.69 Å². The second-order valence-corrected chi connectivity index (χ2v) is 3.95. The number of carbonyl (C=O) groups is 1. The van der Waals surface area contributed by atoms with Crippen LogP contribution in [-0.4, -0.2) is 29.1 Å². The minimum Gasteiger partial charge on any atom is -0.480 e. The molecule has 0 saturated heterocycles. The van der Waals surface area contributed by atoms with E-state index in [1.807, 2.05) is 35.2 Å². The molecular weight excluding hydrogens is 214 g/mol. The van der Waals surface area contributed by atoms with Gasteiger partial charge in [0.2, 0.25) is 0 Å². The largest absolute Gasteiger partial charge is 0.480 e. The van der Waals surface area contributed by atoms with Gasteiger partial charge in [-0.25, -0.2) is 0 Å². The van der Waals surface area contributed by atoms with E-state index in [-0.39, 0.29) is 12.6 Å². The lowest BCUT2D eigenvalue weighted by molar-refractivity contribution is -0.138. The number of hydrogen-bond donors (Lipinski definition) is 1. The van der Waals surface area contributed by atoms with Crippen molar-refractivity contribution in [3.05, 3.63) is 48.6 Å². The van der Waals surface area contributed by atoms with Gasteiger partial charge in [0.25, 0.3) is 0 Å². The molecule has 1 aromatic rings.